The lowest BCUT2D eigenvalue weighted by molar-refractivity contribution is 0.0342. The average molecular weight is 501 g/mol. The number of nitrogens with zero attached hydrogens (tertiary/aromatic N) is 3. The molecule has 38 heavy (non-hydrogen) atoms. The van der Waals surface area contributed by atoms with Crippen LogP contribution < -0.4 is 5.32 Å². The van der Waals surface area contributed by atoms with Crippen molar-refractivity contribution in [1.82, 2.24) is 14.5 Å². The van der Waals surface area contributed by atoms with Crippen molar-refractivity contribution >= 4 is 22.4 Å². The third-order valence-electron chi connectivity index (χ3n) is 7.81. The number of imidazole rings is 1. The van der Waals surface area contributed by atoms with Crippen molar-refractivity contribution < 1.29 is 4.74 Å². The molecular weight excluding hydrogens is 468 g/mol. The Labute approximate surface area is 223 Å². The van der Waals surface area contributed by atoms with Crippen LogP contribution >= 0.6 is 0 Å². The topological polar surface area (TPSA) is 42.3 Å². The molecular formula is C33H32N4O. The fourth-order valence-electron chi connectivity index (χ4n) is 5.81. The molecule has 1 aromatic heterocycles. The van der Waals surface area contributed by atoms with E-state index in [4.69, 9.17) is 9.72 Å². The highest BCUT2D eigenvalue weighted by Gasteiger charge is 2.17. The number of hydrogen-bond acceptors (Lipinski definition) is 4. The van der Waals surface area contributed by atoms with E-state index in [0.29, 0.717) is 0 Å². The van der Waals surface area contributed by atoms with Crippen LogP contribution in [0, 0.1) is 0 Å². The molecule has 3 heterocycles. The molecule has 5 aromatic rings. The molecule has 7 rings (SSSR count). The number of rotatable bonds is 5. The van der Waals surface area contributed by atoms with Crippen LogP contribution in [-0.2, 0) is 30.7 Å². The van der Waals surface area contributed by atoms with Crippen LogP contribution in [0.2, 0.25) is 0 Å². The second-order valence-electron chi connectivity index (χ2n) is 10.4. The van der Waals surface area contributed by atoms with Crippen molar-refractivity contribution in [3.8, 4) is 11.4 Å². The van der Waals surface area contributed by atoms with E-state index in [1.807, 2.05) is 0 Å². The highest BCUT2D eigenvalue weighted by atomic mass is 16.5. The maximum Gasteiger partial charge on any atom is 0.141 e. The lowest BCUT2D eigenvalue weighted by Gasteiger charge is -2.26. The first-order valence-corrected chi connectivity index (χ1v) is 13.6. The smallest absolute Gasteiger partial charge is 0.141 e. The van der Waals surface area contributed by atoms with E-state index in [2.05, 4.69) is 106 Å². The zero-order valence-corrected chi connectivity index (χ0v) is 21.6. The highest BCUT2D eigenvalue weighted by Crippen LogP contribution is 2.33. The van der Waals surface area contributed by atoms with Crippen LogP contribution in [0.15, 0.2) is 91.0 Å². The van der Waals surface area contributed by atoms with Crippen LogP contribution in [0.4, 0.5) is 11.4 Å². The minimum Gasteiger partial charge on any atom is -0.379 e. The third-order valence-corrected chi connectivity index (χ3v) is 7.81. The molecule has 0 unspecified atom stereocenters. The van der Waals surface area contributed by atoms with Gasteiger partial charge in [0.1, 0.15) is 5.82 Å². The number of benzene rings is 4. The SMILES string of the molecule is c1ccc(-c2nc3ccccc3n2Cc2ccc3c(c2)CCc2cc(CN4CCOCC4)ccc2N3)cc1. The van der Waals surface area contributed by atoms with Crippen LogP contribution in [0.25, 0.3) is 22.4 Å². The molecule has 1 N–H and O–H groups in total. The highest BCUT2D eigenvalue weighted by molar-refractivity contribution is 5.81. The zero-order chi connectivity index (χ0) is 25.3. The van der Waals surface area contributed by atoms with Gasteiger partial charge in [0.15, 0.2) is 0 Å². The van der Waals surface area contributed by atoms with Gasteiger partial charge in [-0.3, -0.25) is 4.90 Å². The van der Waals surface area contributed by atoms with E-state index in [-0.39, 0.29) is 0 Å². The van der Waals surface area contributed by atoms with Crippen LogP contribution in [-0.4, -0.2) is 40.8 Å². The number of ether oxygens (including phenoxy) is 1. The van der Waals surface area contributed by atoms with Gasteiger partial charge in [-0.05, 0) is 59.4 Å². The Morgan fingerprint density at radius 3 is 2.11 bits per heavy atom. The molecule has 0 radical (unpaired) electrons. The predicted octanol–water partition coefficient (Wildman–Crippen LogP) is 6.43. The van der Waals surface area contributed by atoms with Gasteiger partial charge in [-0.2, -0.15) is 0 Å². The van der Waals surface area contributed by atoms with Crippen molar-refractivity contribution in [3.63, 3.8) is 0 Å². The van der Waals surface area contributed by atoms with Gasteiger partial charge in [0.2, 0.25) is 0 Å². The minimum atomic E-state index is 0.786. The second kappa shape index (κ2) is 10.1. The molecule has 0 atom stereocenters. The fourth-order valence-corrected chi connectivity index (χ4v) is 5.81. The van der Waals surface area contributed by atoms with Crippen molar-refractivity contribution in [3.05, 3.63) is 113 Å². The maximum atomic E-state index is 5.52. The summed E-state index contributed by atoms with van der Waals surface area (Å²) in [6.45, 7) is 5.49. The lowest BCUT2D eigenvalue weighted by atomic mass is 10.0. The van der Waals surface area contributed by atoms with Crippen molar-refractivity contribution in [1.29, 1.82) is 0 Å². The van der Waals surface area contributed by atoms with Gasteiger partial charge in [0, 0.05) is 43.1 Å². The number of fused-ring (bicyclic) bond motifs is 3. The Hall–Kier alpha value is -3.93. The summed E-state index contributed by atoms with van der Waals surface area (Å²) >= 11 is 0. The Kier molecular flexibility index (Phi) is 6.16. The number of morpholine rings is 1. The summed E-state index contributed by atoms with van der Waals surface area (Å²) in [7, 11) is 0. The first-order valence-electron chi connectivity index (χ1n) is 13.6. The van der Waals surface area contributed by atoms with E-state index < -0.39 is 0 Å². The van der Waals surface area contributed by atoms with Gasteiger partial charge in [0.05, 0.1) is 24.2 Å². The van der Waals surface area contributed by atoms with Gasteiger partial charge in [-0.15, -0.1) is 0 Å². The summed E-state index contributed by atoms with van der Waals surface area (Å²) in [6, 6.07) is 32.8. The molecule has 4 aromatic carbocycles. The molecule has 0 bridgehead atoms. The predicted molar refractivity (Wildman–Crippen MR) is 154 cm³/mol. The molecule has 2 aliphatic rings. The Morgan fingerprint density at radius 1 is 0.711 bits per heavy atom. The monoisotopic (exact) mass is 500 g/mol. The standard InChI is InChI=1S/C33H32N4O/c1-2-6-26(7-3-1)33-35-31-8-4-5-9-32(31)37(33)23-25-11-15-30-28(21-25)13-12-27-20-24(10-14-29(27)34-30)22-36-16-18-38-19-17-36/h1-11,14-15,20-21,34H,12-13,16-19,22-23H2. The van der Waals surface area contributed by atoms with E-state index in [1.165, 1.54) is 39.1 Å². The van der Waals surface area contributed by atoms with E-state index in [0.717, 1.165) is 69.1 Å². The molecule has 0 spiro atoms. The van der Waals surface area contributed by atoms with Gasteiger partial charge in [-0.25, -0.2) is 4.98 Å². The van der Waals surface area contributed by atoms with E-state index in [1.54, 1.807) is 0 Å². The quantitative estimate of drug-likeness (QED) is 0.302. The van der Waals surface area contributed by atoms with Crippen molar-refractivity contribution in [2.24, 2.45) is 0 Å². The van der Waals surface area contributed by atoms with E-state index in [9.17, 15) is 0 Å². The first-order chi connectivity index (χ1) is 18.8. The first kappa shape index (κ1) is 23.2. The summed E-state index contributed by atoms with van der Waals surface area (Å²) in [4.78, 5) is 7.48. The average Bonchev–Trinajstić information content (AvgIpc) is 3.22. The summed E-state index contributed by atoms with van der Waals surface area (Å²) in [5.41, 5.74) is 11.2. The fraction of sp³-hybridized carbons (Fsp3) is 0.242. The number of aromatic nitrogens is 2. The number of nitrogens with one attached hydrogen (secondary N) is 1. The third kappa shape index (κ3) is 4.60. The molecule has 5 nitrogen and oxygen atoms in total. The summed E-state index contributed by atoms with van der Waals surface area (Å²) in [6.07, 6.45) is 2.07. The summed E-state index contributed by atoms with van der Waals surface area (Å²) in [5, 5.41) is 3.73. The molecule has 0 saturated carbocycles. The van der Waals surface area contributed by atoms with E-state index >= 15 is 0 Å². The maximum absolute atomic E-state index is 5.52. The normalized spacial score (nSPS) is 15.5. The largest absolute Gasteiger partial charge is 0.379 e. The summed E-state index contributed by atoms with van der Waals surface area (Å²) in [5.74, 6) is 1.01. The van der Waals surface area contributed by atoms with Gasteiger partial charge in [0.25, 0.3) is 0 Å². The molecule has 2 aliphatic heterocycles. The van der Waals surface area contributed by atoms with Crippen LogP contribution in [0.1, 0.15) is 22.3 Å². The number of anilines is 2. The van der Waals surface area contributed by atoms with Gasteiger partial charge in [-0.1, -0.05) is 66.7 Å². The molecule has 5 heteroatoms. The van der Waals surface area contributed by atoms with Gasteiger partial charge < -0.3 is 14.6 Å². The molecule has 1 fully saturated rings. The molecule has 1 saturated heterocycles. The number of aryl methyl sites for hydroxylation is 2. The molecule has 0 amide bonds. The van der Waals surface area contributed by atoms with Crippen LogP contribution in [0.3, 0.4) is 0 Å². The number of para-hydroxylation sites is 2. The van der Waals surface area contributed by atoms with Gasteiger partial charge >= 0.3 is 0 Å². The lowest BCUT2D eigenvalue weighted by Crippen LogP contribution is -2.35. The Balaban J connectivity index is 1.15. The molecule has 0 aliphatic carbocycles. The van der Waals surface area contributed by atoms with Crippen LogP contribution in [0.5, 0.6) is 0 Å². The van der Waals surface area contributed by atoms with Crippen molar-refractivity contribution in [2.45, 2.75) is 25.9 Å². The second-order valence-corrected chi connectivity index (χ2v) is 10.4. The Morgan fingerprint density at radius 2 is 1.37 bits per heavy atom. The van der Waals surface area contributed by atoms with Crippen molar-refractivity contribution in [2.75, 3.05) is 31.6 Å². The number of hydrogen-bond donors (Lipinski definition) is 1. The summed E-state index contributed by atoms with van der Waals surface area (Å²) < 4.78 is 7.87. The minimum absolute atomic E-state index is 0.786. The zero-order valence-electron chi connectivity index (χ0n) is 21.6. The molecule has 190 valence electrons. The Bertz CT molecular complexity index is 1580.